The van der Waals surface area contributed by atoms with E-state index in [9.17, 15) is 4.79 Å². The fourth-order valence-electron chi connectivity index (χ4n) is 1.84. The summed E-state index contributed by atoms with van der Waals surface area (Å²) in [6.07, 6.45) is -0.225. The fraction of sp³-hybridized carbons (Fsp3) is 0.923. The van der Waals surface area contributed by atoms with E-state index < -0.39 is 5.60 Å². The largest absolute Gasteiger partial charge is 0.444 e. The van der Waals surface area contributed by atoms with Gasteiger partial charge in [0.1, 0.15) is 5.60 Å². The Bertz CT molecular complexity index is 303. The van der Waals surface area contributed by atoms with E-state index in [1.165, 1.54) is 0 Å². The highest BCUT2D eigenvalue weighted by molar-refractivity contribution is 5.69. The fourth-order valence-corrected chi connectivity index (χ4v) is 1.84. The zero-order chi connectivity index (χ0) is 13.5. The van der Waals surface area contributed by atoms with Crippen LogP contribution in [0, 0.1) is 0 Å². The van der Waals surface area contributed by atoms with Crippen LogP contribution in [0.3, 0.4) is 0 Å². The normalized spacial score (nSPS) is 23.4. The Morgan fingerprint density at radius 1 is 1.24 bits per heavy atom. The SMILES string of the molecule is CC1(C)CN(C(=O)OC(C)(C)C)C(C)(C)CN1. The van der Waals surface area contributed by atoms with E-state index in [1.807, 2.05) is 25.7 Å². The van der Waals surface area contributed by atoms with Gasteiger partial charge in [-0.25, -0.2) is 4.79 Å². The van der Waals surface area contributed by atoms with Crippen molar-refractivity contribution in [2.75, 3.05) is 13.1 Å². The molecule has 0 spiro atoms. The Kier molecular flexibility index (Phi) is 3.50. The molecular weight excluding hydrogens is 216 g/mol. The van der Waals surface area contributed by atoms with Gasteiger partial charge in [-0.15, -0.1) is 0 Å². The number of hydrogen-bond acceptors (Lipinski definition) is 3. The topological polar surface area (TPSA) is 41.6 Å². The number of rotatable bonds is 0. The molecule has 0 unspecified atom stereocenters. The van der Waals surface area contributed by atoms with E-state index in [1.54, 1.807) is 0 Å². The van der Waals surface area contributed by atoms with Crippen molar-refractivity contribution >= 4 is 6.09 Å². The third kappa shape index (κ3) is 3.87. The Morgan fingerprint density at radius 3 is 2.24 bits per heavy atom. The van der Waals surface area contributed by atoms with E-state index in [4.69, 9.17) is 4.74 Å². The van der Waals surface area contributed by atoms with E-state index in [0.29, 0.717) is 6.54 Å². The Labute approximate surface area is 105 Å². The van der Waals surface area contributed by atoms with Crippen molar-refractivity contribution in [3.8, 4) is 0 Å². The van der Waals surface area contributed by atoms with Crippen molar-refractivity contribution in [3.05, 3.63) is 0 Å². The minimum atomic E-state index is -0.442. The first-order chi connectivity index (χ1) is 7.43. The minimum absolute atomic E-state index is 0.0631. The third-order valence-corrected chi connectivity index (χ3v) is 2.90. The van der Waals surface area contributed by atoms with Gasteiger partial charge in [-0.3, -0.25) is 4.90 Å². The number of nitrogens with zero attached hydrogens (tertiary/aromatic N) is 1. The van der Waals surface area contributed by atoms with E-state index in [2.05, 4.69) is 33.0 Å². The van der Waals surface area contributed by atoms with Crippen molar-refractivity contribution in [1.82, 2.24) is 10.2 Å². The summed E-state index contributed by atoms with van der Waals surface area (Å²) in [4.78, 5) is 14.0. The number of piperazine rings is 1. The molecule has 0 aromatic carbocycles. The Hall–Kier alpha value is -0.770. The Morgan fingerprint density at radius 2 is 1.76 bits per heavy atom. The van der Waals surface area contributed by atoms with Gasteiger partial charge in [0.2, 0.25) is 0 Å². The molecule has 1 fully saturated rings. The summed E-state index contributed by atoms with van der Waals surface area (Å²) in [6, 6.07) is 0. The van der Waals surface area contributed by atoms with Crippen LogP contribution in [0.1, 0.15) is 48.5 Å². The zero-order valence-electron chi connectivity index (χ0n) is 12.2. The second-order valence-electron chi connectivity index (χ2n) is 7.12. The molecule has 1 saturated heterocycles. The van der Waals surface area contributed by atoms with Gasteiger partial charge in [-0.05, 0) is 48.5 Å². The highest BCUT2D eigenvalue weighted by Gasteiger charge is 2.41. The first-order valence-corrected chi connectivity index (χ1v) is 6.19. The number of nitrogens with one attached hydrogen (secondary N) is 1. The molecule has 1 aliphatic heterocycles. The molecule has 0 atom stereocenters. The smallest absolute Gasteiger partial charge is 0.410 e. The van der Waals surface area contributed by atoms with E-state index in [0.717, 1.165) is 6.54 Å². The Balaban J connectivity index is 2.81. The van der Waals surface area contributed by atoms with Crippen LogP contribution in [-0.4, -0.2) is 40.8 Å². The summed E-state index contributed by atoms with van der Waals surface area (Å²) < 4.78 is 5.47. The van der Waals surface area contributed by atoms with Crippen LogP contribution in [0.15, 0.2) is 0 Å². The average molecular weight is 242 g/mol. The zero-order valence-corrected chi connectivity index (χ0v) is 12.2. The number of amides is 1. The van der Waals surface area contributed by atoms with Crippen LogP contribution in [0.4, 0.5) is 4.79 Å². The monoisotopic (exact) mass is 242 g/mol. The molecule has 0 aromatic rings. The van der Waals surface area contributed by atoms with Gasteiger partial charge in [-0.1, -0.05) is 0 Å². The van der Waals surface area contributed by atoms with Gasteiger partial charge in [0.05, 0.1) is 5.54 Å². The number of carbonyl (C=O) groups excluding carboxylic acids is 1. The maximum atomic E-state index is 12.2. The summed E-state index contributed by atoms with van der Waals surface area (Å²) in [6.45, 7) is 15.4. The van der Waals surface area contributed by atoms with Crippen LogP contribution >= 0.6 is 0 Å². The van der Waals surface area contributed by atoms with Crippen molar-refractivity contribution in [2.24, 2.45) is 0 Å². The first-order valence-electron chi connectivity index (χ1n) is 6.19. The molecule has 4 heteroatoms. The van der Waals surface area contributed by atoms with Crippen LogP contribution in [0.5, 0.6) is 0 Å². The van der Waals surface area contributed by atoms with Gasteiger partial charge >= 0.3 is 6.09 Å². The van der Waals surface area contributed by atoms with Gasteiger partial charge in [0.25, 0.3) is 0 Å². The number of carbonyl (C=O) groups is 1. The van der Waals surface area contributed by atoms with Crippen molar-refractivity contribution in [1.29, 1.82) is 0 Å². The van der Waals surface area contributed by atoms with E-state index in [-0.39, 0.29) is 17.2 Å². The van der Waals surface area contributed by atoms with E-state index >= 15 is 0 Å². The van der Waals surface area contributed by atoms with Crippen LogP contribution < -0.4 is 5.32 Å². The molecule has 4 nitrogen and oxygen atoms in total. The quantitative estimate of drug-likeness (QED) is 0.709. The van der Waals surface area contributed by atoms with Crippen LogP contribution in [0.2, 0.25) is 0 Å². The molecule has 1 heterocycles. The second-order valence-corrected chi connectivity index (χ2v) is 7.12. The molecule has 0 saturated carbocycles. The molecule has 1 rings (SSSR count). The predicted octanol–water partition coefficient (Wildman–Crippen LogP) is 2.38. The highest BCUT2D eigenvalue weighted by atomic mass is 16.6. The number of hydrogen-bond donors (Lipinski definition) is 1. The summed E-state index contributed by atoms with van der Waals surface area (Å²) in [5.41, 5.74) is -0.716. The minimum Gasteiger partial charge on any atom is -0.444 e. The third-order valence-electron chi connectivity index (χ3n) is 2.90. The predicted molar refractivity (Wildman–Crippen MR) is 69.1 cm³/mol. The second kappa shape index (κ2) is 4.16. The molecule has 17 heavy (non-hydrogen) atoms. The lowest BCUT2D eigenvalue weighted by atomic mass is 9.92. The summed E-state index contributed by atoms with van der Waals surface area (Å²) in [7, 11) is 0. The molecule has 1 N–H and O–H groups in total. The molecule has 0 bridgehead atoms. The number of ether oxygens (including phenoxy) is 1. The maximum absolute atomic E-state index is 12.2. The lowest BCUT2D eigenvalue weighted by Gasteiger charge is -2.49. The molecular formula is C13H26N2O2. The molecule has 1 aliphatic rings. The first kappa shape index (κ1) is 14.3. The standard InChI is InChI=1S/C13H26N2O2/c1-11(2,3)17-10(16)15-9-12(4,5)14-8-13(15,6)7/h14H,8-9H2,1-7H3. The lowest BCUT2D eigenvalue weighted by Crippen LogP contribution is -2.67. The summed E-state index contributed by atoms with van der Waals surface area (Å²) >= 11 is 0. The molecule has 100 valence electrons. The van der Waals surface area contributed by atoms with Crippen molar-refractivity contribution < 1.29 is 9.53 Å². The van der Waals surface area contributed by atoms with Gasteiger partial charge in [-0.2, -0.15) is 0 Å². The van der Waals surface area contributed by atoms with Crippen molar-refractivity contribution in [2.45, 2.75) is 65.1 Å². The van der Waals surface area contributed by atoms with Gasteiger partial charge in [0.15, 0.2) is 0 Å². The van der Waals surface area contributed by atoms with Crippen molar-refractivity contribution in [3.63, 3.8) is 0 Å². The van der Waals surface area contributed by atoms with Gasteiger partial charge < -0.3 is 10.1 Å². The van der Waals surface area contributed by atoms with Gasteiger partial charge in [0, 0.05) is 18.6 Å². The van der Waals surface area contributed by atoms with Crippen LogP contribution in [-0.2, 0) is 4.74 Å². The molecule has 1 amide bonds. The molecule has 0 aliphatic carbocycles. The summed E-state index contributed by atoms with van der Waals surface area (Å²) in [5, 5.41) is 3.45. The average Bonchev–Trinajstić information content (AvgIpc) is 2.07. The molecule has 0 radical (unpaired) electrons. The molecule has 0 aromatic heterocycles. The summed E-state index contributed by atoms with van der Waals surface area (Å²) in [5.74, 6) is 0. The lowest BCUT2D eigenvalue weighted by molar-refractivity contribution is -0.0175. The maximum Gasteiger partial charge on any atom is 0.410 e. The highest BCUT2D eigenvalue weighted by Crippen LogP contribution is 2.25. The van der Waals surface area contributed by atoms with Crippen LogP contribution in [0.25, 0.3) is 0 Å².